The van der Waals surface area contributed by atoms with Crippen LogP contribution in [0, 0.1) is 11.3 Å². The van der Waals surface area contributed by atoms with Crippen LogP contribution in [0.4, 0.5) is 4.79 Å². The number of esters is 1. The molecule has 0 radical (unpaired) electrons. The van der Waals surface area contributed by atoms with Crippen molar-refractivity contribution in [2.45, 2.75) is 58.2 Å². The maximum atomic E-state index is 12.4. The summed E-state index contributed by atoms with van der Waals surface area (Å²) < 4.78 is 22.9. The Bertz CT molecular complexity index is 1300. The van der Waals surface area contributed by atoms with E-state index in [9.17, 15) is 14.9 Å². The molecule has 37 heavy (non-hydrogen) atoms. The summed E-state index contributed by atoms with van der Waals surface area (Å²) in [5.41, 5.74) is 1.53. The van der Waals surface area contributed by atoms with Gasteiger partial charge >= 0.3 is 12.1 Å². The molecule has 0 bridgehead atoms. The molecule has 3 aromatic rings. The lowest BCUT2D eigenvalue weighted by Gasteiger charge is -2.24. The standard InChI is InChI=1S/C29H32N2O6/c1-5-34-27(32)16-24(26-15-21-14-19(17-30)6-11-25(21)36-26)20-7-9-22(10-8-20)35-23-12-13-31(18-23)28(33)37-29(2,3)4/h6-11,14-15,23-24H,5,12-13,16,18H2,1-4H3/t23-,24?/m0/s1. The smallest absolute Gasteiger partial charge is 0.410 e. The van der Waals surface area contributed by atoms with E-state index in [0.717, 1.165) is 17.4 Å². The molecule has 0 N–H and O–H groups in total. The molecule has 1 amide bonds. The molecule has 2 atom stereocenters. The summed E-state index contributed by atoms with van der Waals surface area (Å²) in [4.78, 5) is 26.4. The molecule has 194 valence electrons. The third-order valence-electron chi connectivity index (χ3n) is 6.07. The predicted molar refractivity (Wildman–Crippen MR) is 137 cm³/mol. The lowest BCUT2D eigenvalue weighted by molar-refractivity contribution is -0.143. The van der Waals surface area contributed by atoms with Crippen LogP contribution < -0.4 is 4.74 Å². The van der Waals surface area contributed by atoms with Crippen molar-refractivity contribution in [1.82, 2.24) is 4.90 Å². The summed E-state index contributed by atoms with van der Waals surface area (Å²) in [6.45, 7) is 8.66. The van der Waals surface area contributed by atoms with Crippen molar-refractivity contribution in [3.63, 3.8) is 0 Å². The van der Waals surface area contributed by atoms with Gasteiger partial charge in [-0.25, -0.2) is 4.79 Å². The lowest BCUT2D eigenvalue weighted by Crippen LogP contribution is -2.36. The number of hydrogen-bond acceptors (Lipinski definition) is 7. The molecule has 1 aromatic heterocycles. The number of rotatable bonds is 7. The van der Waals surface area contributed by atoms with E-state index < -0.39 is 5.60 Å². The zero-order chi connectivity index (χ0) is 26.6. The minimum absolute atomic E-state index is 0.118. The summed E-state index contributed by atoms with van der Waals surface area (Å²) in [6.07, 6.45) is 0.379. The Hall–Kier alpha value is -3.99. The highest BCUT2D eigenvalue weighted by Gasteiger charge is 2.31. The maximum Gasteiger partial charge on any atom is 0.410 e. The highest BCUT2D eigenvalue weighted by atomic mass is 16.6. The molecule has 1 aliphatic rings. The highest BCUT2D eigenvalue weighted by Crippen LogP contribution is 2.34. The fourth-order valence-electron chi connectivity index (χ4n) is 4.36. The number of hydrogen-bond donors (Lipinski definition) is 0. The number of nitriles is 1. The van der Waals surface area contributed by atoms with Gasteiger partial charge in [-0.1, -0.05) is 12.1 Å². The van der Waals surface area contributed by atoms with E-state index in [1.165, 1.54) is 0 Å². The fourth-order valence-corrected chi connectivity index (χ4v) is 4.36. The number of carbonyl (C=O) groups is 2. The third-order valence-corrected chi connectivity index (χ3v) is 6.07. The van der Waals surface area contributed by atoms with Gasteiger partial charge in [-0.3, -0.25) is 4.79 Å². The van der Waals surface area contributed by atoms with Gasteiger partial charge in [-0.15, -0.1) is 0 Å². The zero-order valence-corrected chi connectivity index (χ0v) is 21.7. The molecule has 8 heteroatoms. The van der Waals surface area contributed by atoms with Gasteiger partial charge in [0, 0.05) is 18.4 Å². The summed E-state index contributed by atoms with van der Waals surface area (Å²) >= 11 is 0. The van der Waals surface area contributed by atoms with Crippen LogP contribution in [0.2, 0.25) is 0 Å². The van der Waals surface area contributed by atoms with E-state index >= 15 is 0 Å². The Balaban J connectivity index is 1.49. The van der Waals surface area contributed by atoms with Crippen LogP contribution in [0.3, 0.4) is 0 Å². The molecule has 0 spiro atoms. The number of furan rings is 1. The Kier molecular flexibility index (Phi) is 7.72. The van der Waals surface area contributed by atoms with E-state index in [1.54, 1.807) is 30.0 Å². The minimum atomic E-state index is -0.538. The lowest BCUT2D eigenvalue weighted by atomic mass is 9.93. The molecule has 1 aliphatic heterocycles. The SMILES string of the molecule is CCOC(=O)CC(c1ccc(O[C@H]2CCN(C(=O)OC(C)(C)C)C2)cc1)c1cc2cc(C#N)ccc2o1. The van der Waals surface area contributed by atoms with Crippen molar-refractivity contribution in [1.29, 1.82) is 5.26 Å². The Morgan fingerprint density at radius 3 is 2.59 bits per heavy atom. The molecule has 1 unspecified atom stereocenters. The molecular weight excluding hydrogens is 472 g/mol. The predicted octanol–water partition coefficient (Wildman–Crippen LogP) is 5.78. The third kappa shape index (κ3) is 6.62. The number of benzene rings is 2. The molecule has 0 aliphatic carbocycles. The topological polar surface area (TPSA) is 102 Å². The van der Waals surface area contributed by atoms with E-state index in [1.807, 2.05) is 51.1 Å². The second-order valence-corrected chi connectivity index (χ2v) is 10.1. The first-order valence-electron chi connectivity index (χ1n) is 12.5. The highest BCUT2D eigenvalue weighted by molar-refractivity contribution is 5.80. The molecular formula is C29H32N2O6. The van der Waals surface area contributed by atoms with Crippen molar-refractivity contribution < 1.29 is 28.2 Å². The second kappa shape index (κ2) is 11.0. The molecule has 4 rings (SSSR count). The van der Waals surface area contributed by atoms with Crippen LogP contribution in [0.1, 0.15) is 63.3 Å². The van der Waals surface area contributed by atoms with Crippen molar-refractivity contribution >= 4 is 23.0 Å². The average molecular weight is 505 g/mol. The first-order chi connectivity index (χ1) is 17.6. The number of nitrogens with zero attached hydrogens (tertiary/aromatic N) is 2. The Morgan fingerprint density at radius 1 is 1.16 bits per heavy atom. The van der Waals surface area contributed by atoms with E-state index in [0.29, 0.717) is 42.4 Å². The maximum absolute atomic E-state index is 12.4. The van der Waals surface area contributed by atoms with Gasteiger partial charge in [-0.2, -0.15) is 5.26 Å². The monoisotopic (exact) mass is 504 g/mol. The van der Waals surface area contributed by atoms with Gasteiger partial charge in [0.05, 0.1) is 37.1 Å². The van der Waals surface area contributed by atoms with Gasteiger partial charge in [-0.05, 0) is 69.7 Å². The number of fused-ring (bicyclic) bond motifs is 1. The summed E-state index contributed by atoms with van der Waals surface area (Å²) in [6, 6.07) is 16.8. The molecule has 8 nitrogen and oxygen atoms in total. The quantitative estimate of drug-likeness (QED) is 0.376. The van der Waals surface area contributed by atoms with Crippen LogP contribution in [0.15, 0.2) is 52.9 Å². The van der Waals surface area contributed by atoms with Crippen molar-refractivity contribution in [3.05, 3.63) is 65.4 Å². The molecule has 0 saturated carbocycles. The van der Waals surface area contributed by atoms with Gasteiger partial charge in [0.15, 0.2) is 0 Å². The van der Waals surface area contributed by atoms with Crippen LogP contribution >= 0.6 is 0 Å². The van der Waals surface area contributed by atoms with E-state index in [-0.39, 0.29) is 30.5 Å². The summed E-state index contributed by atoms with van der Waals surface area (Å²) in [7, 11) is 0. The first-order valence-corrected chi connectivity index (χ1v) is 12.5. The van der Waals surface area contributed by atoms with Crippen LogP contribution in [-0.2, 0) is 14.3 Å². The van der Waals surface area contributed by atoms with Crippen molar-refractivity contribution in [2.75, 3.05) is 19.7 Å². The number of amides is 1. The molecule has 1 fully saturated rings. The van der Waals surface area contributed by atoms with Crippen LogP contribution in [-0.4, -0.2) is 48.4 Å². The van der Waals surface area contributed by atoms with Gasteiger partial charge < -0.3 is 23.5 Å². The molecule has 2 heterocycles. The normalized spacial score (nSPS) is 16.3. The van der Waals surface area contributed by atoms with Crippen LogP contribution in [0.25, 0.3) is 11.0 Å². The number of likely N-dealkylation sites (tertiary alicyclic amines) is 1. The van der Waals surface area contributed by atoms with Gasteiger partial charge in [0.25, 0.3) is 0 Å². The number of ether oxygens (including phenoxy) is 3. The van der Waals surface area contributed by atoms with Crippen LogP contribution in [0.5, 0.6) is 5.75 Å². The average Bonchev–Trinajstić information content (AvgIpc) is 3.49. The van der Waals surface area contributed by atoms with Crippen molar-refractivity contribution in [3.8, 4) is 11.8 Å². The Morgan fingerprint density at radius 2 is 1.92 bits per heavy atom. The van der Waals surface area contributed by atoms with Gasteiger partial charge in [0.1, 0.15) is 28.8 Å². The summed E-state index contributed by atoms with van der Waals surface area (Å²) in [5, 5.41) is 10.0. The second-order valence-electron chi connectivity index (χ2n) is 10.1. The first kappa shape index (κ1) is 26.1. The van der Waals surface area contributed by atoms with Crippen molar-refractivity contribution in [2.24, 2.45) is 0 Å². The number of carbonyl (C=O) groups excluding carboxylic acids is 2. The minimum Gasteiger partial charge on any atom is -0.489 e. The van der Waals surface area contributed by atoms with Gasteiger partial charge in [0.2, 0.25) is 0 Å². The van der Waals surface area contributed by atoms with E-state index in [4.69, 9.17) is 18.6 Å². The summed E-state index contributed by atoms with van der Waals surface area (Å²) in [5.74, 6) is 0.618. The fraction of sp³-hybridized carbons (Fsp3) is 0.414. The van der Waals surface area contributed by atoms with E-state index in [2.05, 4.69) is 6.07 Å². The zero-order valence-electron chi connectivity index (χ0n) is 21.7. The largest absolute Gasteiger partial charge is 0.489 e. The molecule has 1 saturated heterocycles. The molecule has 2 aromatic carbocycles. The Labute approximate surface area is 216 Å².